The zero-order valence-corrected chi connectivity index (χ0v) is 12.0. The number of hydrogen-bond donors (Lipinski definition) is 2. The highest BCUT2D eigenvalue weighted by Crippen LogP contribution is 2.18. The molecule has 1 rings (SSSR count). The monoisotopic (exact) mass is 288 g/mol. The van der Waals surface area contributed by atoms with Crippen molar-refractivity contribution in [2.24, 2.45) is 5.73 Å². The van der Waals surface area contributed by atoms with Crippen LogP contribution in [0.3, 0.4) is 0 Å². The second kappa shape index (κ2) is 6.80. The van der Waals surface area contributed by atoms with Gasteiger partial charge in [0, 0.05) is 40.1 Å². The van der Waals surface area contributed by atoms with Gasteiger partial charge < -0.3 is 11.1 Å². The van der Waals surface area contributed by atoms with Gasteiger partial charge in [-0.05, 0) is 31.5 Å². The minimum absolute atomic E-state index is 0.118. The van der Waals surface area contributed by atoms with Crippen molar-refractivity contribution in [2.75, 3.05) is 17.3 Å². The number of thiocarbonyl (C=S) groups is 1. The molecule has 2 unspecified atom stereocenters. The van der Waals surface area contributed by atoms with Gasteiger partial charge in [-0.15, -0.1) is 0 Å². The Hall–Kier alpha value is -1.01. The van der Waals surface area contributed by atoms with E-state index in [1.54, 1.807) is 12.3 Å². The number of hydrogen-bond acceptors (Lipinski definition) is 3. The average molecular weight is 288 g/mol. The lowest BCUT2D eigenvalue weighted by molar-refractivity contribution is 0.627. The molecular formula is C12H17FN2OS2. The lowest BCUT2D eigenvalue weighted by Gasteiger charge is -2.17. The standard InChI is InChI=1S/C12H17FN2OS2/c1-8(5-6-18(2)16)15-11-4-3-9(13)7-10(11)12(14)17/h3-4,7-8,15H,5-6H2,1-2H3,(H2,14,17). The van der Waals surface area contributed by atoms with E-state index in [1.165, 1.54) is 12.1 Å². The molecule has 0 aliphatic rings. The van der Waals surface area contributed by atoms with E-state index in [-0.39, 0.29) is 16.8 Å². The fourth-order valence-corrected chi connectivity index (χ4v) is 2.38. The van der Waals surface area contributed by atoms with Gasteiger partial charge in [-0.3, -0.25) is 4.21 Å². The lowest BCUT2D eigenvalue weighted by atomic mass is 10.1. The third-order valence-electron chi connectivity index (χ3n) is 2.49. The van der Waals surface area contributed by atoms with Crippen molar-refractivity contribution >= 4 is 33.7 Å². The molecule has 3 N–H and O–H groups in total. The van der Waals surface area contributed by atoms with Crippen molar-refractivity contribution in [3.05, 3.63) is 29.6 Å². The van der Waals surface area contributed by atoms with E-state index in [2.05, 4.69) is 5.32 Å². The van der Waals surface area contributed by atoms with Gasteiger partial charge >= 0.3 is 0 Å². The summed E-state index contributed by atoms with van der Waals surface area (Å²) in [5, 5.41) is 3.21. The Morgan fingerprint density at radius 3 is 2.83 bits per heavy atom. The molecule has 0 aliphatic heterocycles. The van der Waals surface area contributed by atoms with Crippen molar-refractivity contribution in [1.82, 2.24) is 0 Å². The summed E-state index contributed by atoms with van der Waals surface area (Å²) >= 11 is 4.89. The van der Waals surface area contributed by atoms with Crippen LogP contribution in [0, 0.1) is 5.82 Å². The molecule has 0 fully saturated rings. The van der Waals surface area contributed by atoms with Crippen molar-refractivity contribution in [3.8, 4) is 0 Å². The summed E-state index contributed by atoms with van der Waals surface area (Å²) < 4.78 is 24.1. The van der Waals surface area contributed by atoms with Crippen LogP contribution in [0.2, 0.25) is 0 Å². The normalized spacial score (nSPS) is 13.9. The highest BCUT2D eigenvalue weighted by atomic mass is 32.2. The van der Waals surface area contributed by atoms with E-state index in [9.17, 15) is 8.60 Å². The van der Waals surface area contributed by atoms with Crippen LogP contribution in [0.25, 0.3) is 0 Å². The van der Waals surface area contributed by atoms with Crippen LogP contribution in [-0.4, -0.2) is 27.2 Å². The van der Waals surface area contributed by atoms with Crippen molar-refractivity contribution in [2.45, 2.75) is 19.4 Å². The Balaban J connectivity index is 2.77. The van der Waals surface area contributed by atoms with Crippen LogP contribution in [-0.2, 0) is 10.8 Å². The van der Waals surface area contributed by atoms with Crippen LogP contribution in [0.4, 0.5) is 10.1 Å². The molecule has 0 bridgehead atoms. The number of halogens is 1. The quantitative estimate of drug-likeness (QED) is 0.787. The maximum Gasteiger partial charge on any atom is 0.124 e. The van der Waals surface area contributed by atoms with Crippen LogP contribution in [0.1, 0.15) is 18.9 Å². The van der Waals surface area contributed by atoms with Crippen molar-refractivity contribution < 1.29 is 8.60 Å². The molecule has 1 aromatic rings. The zero-order chi connectivity index (χ0) is 13.7. The molecule has 1 aromatic carbocycles. The minimum Gasteiger partial charge on any atom is -0.389 e. The van der Waals surface area contributed by atoms with E-state index in [1.807, 2.05) is 6.92 Å². The second-order valence-electron chi connectivity index (χ2n) is 4.17. The van der Waals surface area contributed by atoms with E-state index in [4.69, 9.17) is 18.0 Å². The van der Waals surface area contributed by atoms with Gasteiger partial charge in [0.25, 0.3) is 0 Å². The fraction of sp³-hybridized carbons (Fsp3) is 0.417. The Kier molecular flexibility index (Phi) is 5.68. The molecule has 18 heavy (non-hydrogen) atoms. The molecule has 0 saturated carbocycles. The molecule has 6 heteroatoms. The second-order valence-corrected chi connectivity index (χ2v) is 6.16. The lowest BCUT2D eigenvalue weighted by Crippen LogP contribution is -2.21. The molecule has 2 atom stereocenters. The maximum atomic E-state index is 13.1. The van der Waals surface area contributed by atoms with Gasteiger partial charge in [0.2, 0.25) is 0 Å². The predicted molar refractivity (Wildman–Crippen MR) is 78.9 cm³/mol. The SMILES string of the molecule is CC(CCS(C)=O)Nc1ccc(F)cc1C(N)=S. The van der Waals surface area contributed by atoms with Crippen LogP contribution >= 0.6 is 12.2 Å². The van der Waals surface area contributed by atoms with Crippen LogP contribution < -0.4 is 11.1 Å². The maximum absolute atomic E-state index is 13.1. The fourth-order valence-electron chi connectivity index (χ4n) is 1.53. The topological polar surface area (TPSA) is 55.1 Å². The summed E-state index contributed by atoms with van der Waals surface area (Å²) in [6.07, 6.45) is 2.43. The van der Waals surface area contributed by atoms with E-state index < -0.39 is 10.8 Å². The number of rotatable bonds is 6. The summed E-state index contributed by atoms with van der Waals surface area (Å²) in [7, 11) is -0.812. The largest absolute Gasteiger partial charge is 0.389 e. The molecule has 0 amide bonds. The third-order valence-corrected chi connectivity index (χ3v) is 3.52. The van der Waals surface area contributed by atoms with Crippen molar-refractivity contribution in [3.63, 3.8) is 0 Å². The molecule has 0 radical (unpaired) electrons. The van der Waals surface area contributed by atoms with Gasteiger partial charge in [-0.2, -0.15) is 0 Å². The highest BCUT2D eigenvalue weighted by molar-refractivity contribution is 7.84. The Bertz CT molecular complexity index is 465. The van der Waals surface area contributed by atoms with Crippen molar-refractivity contribution in [1.29, 1.82) is 0 Å². The highest BCUT2D eigenvalue weighted by Gasteiger charge is 2.10. The molecule has 0 heterocycles. The predicted octanol–water partition coefficient (Wildman–Crippen LogP) is 2.03. The summed E-state index contributed by atoms with van der Waals surface area (Å²) in [4.78, 5) is 0.156. The van der Waals surface area contributed by atoms with Gasteiger partial charge in [-0.1, -0.05) is 12.2 Å². The zero-order valence-electron chi connectivity index (χ0n) is 10.4. The van der Waals surface area contributed by atoms with E-state index in [0.29, 0.717) is 17.0 Å². The summed E-state index contributed by atoms with van der Waals surface area (Å²) in [6.45, 7) is 1.97. The molecular weight excluding hydrogens is 271 g/mol. The van der Waals surface area contributed by atoms with E-state index >= 15 is 0 Å². The Morgan fingerprint density at radius 1 is 1.61 bits per heavy atom. The molecule has 3 nitrogen and oxygen atoms in total. The average Bonchev–Trinajstić information content (AvgIpc) is 2.28. The van der Waals surface area contributed by atoms with Gasteiger partial charge in [-0.25, -0.2) is 4.39 Å². The number of nitrogens with two attached hydrogens (primary N) is 1. The summed E-state index contributed by atoms with van der Waals surface area (Å²) in [5.41, 5.74) is 6.76. The van der Waals surface area contributed by atoms with Crippen LogP contribution in [0.15, 0.2) is 18.2 Å². The Labute approximate surface area is 114 Å². The number of benzene rings is 1. The smallest absolute Gasteiger partial charge is 0.124 e. The minimum atomic E-state index is -0.812. The van der Waals surface area contributed by atoms with E-state index in [0.717, 1.165) is 6.42 Å². The first-order valence-corrected chi connectivity index (χ1v) is 7.69. The van der Waals surface area contributed by atoms with Crippen LogP contribution in [0.5, 0.6) is 0 Å². The summed E-state index contributed by atoms with van der Waals surface area (Å²) in [6, 6.07) is 4.40. The first-order chi connectivity index (χ1) is 8.40. The Morgan fingerprint density at radius 2 is 2.28 bits per heavy atom. The molecule has 0 spiro atoms. The molecule has 100 valence electrons. The third kappa shape index (κ3) is 4.70. The van der Waals surface area contributed by atoms with Gasteiger partial charge in [0.1, 0.15) is 10.8 Å². The first kappa shape index (κ1) is 15.0. The first-order valence-electron chi connectivity index (χ1n) is 5.56. The molecule has 0 saturated heterocycles. The molecule has 0 aliphatic carbocycles. The molecule has 0 aromatic heterocycles. The van der Waals surface area contributed by atoms with Gasteiger partial charge in [0.15, 0.2) is 0 Å². The van der Waals surface area contributed by atoms with Gasteiger partial charge in [0.05, 0.1) is 0 Å². The number of anilines is 1. The summed E-state index contributed by atoms with van der Waals surface area (Å²) in [5.74, 6) is 0.253. The number of nitrogens with one attached hydrogen (secondary N) is 1.